The van der Waals surface area contributed by atoms with Gasteiger partial charge < -0.3 is 0 Å². The minimum absolute atomic E-state index is 0.155. The maximum absolute atomic E-state index is 12.8. The molecule has 0 heterocycles. The number of alkyl halides is 7. The molecule has 0 fully saturated rings. The fourth-order valence-electron chi connectivity index (χ4n) is 1.57. The van der Waals surface area contributed by atoms with Crippen LogP contribution < -0.4 is 0 Å². The second-order valence-corrected chi connectivity index (χ2v) is 7.41. The van der Waals surface area contributed by atoms with Gasteiger partial charge in [-0.1, -0.05) is 28.1 Å². The van der Waals surface area contributed by atoms with E-state index in [9.17, 15) is 34.8 Å². The average molecular weight is 413 g/mol. The molecule has 0 aromatic heterocycles. The Balaban J connectivity index is 3.27. The molecule has 1 aromatic rings. The molecule has 0 aliphatic heterocycles. The van der Waals surface area contributed by atoms with Crippen molar-refractivity contribution < 1.29 is 34.8 Å². The Morgan fingerprint density at radius 1 is 0.955 bits per heavy atom. The van der Waals surface area contributed by atoms with Crippen molar-refractivity contribution >= 4 is 25.8 Å². The van der Waals surface area contributed by atoms with Crippen molar-refractivity contribution in [2.24, 2.45) is 5.41 Å². The van der Waals surface area contributed by atoms with E-state index in [4.69, 9.17) is 0 Å². The monoisotopic (exact) mass is 412 g/mol. The van der Waals surface area contributed by atoms with Gasteiger partial charge in [0, 0.05) is 5.33 Å². The summed E-state index contributed by atoms with van der Waals surface area (Å²) in [6.45, 7) is -0.155. The van der Waals surface area contributed by atoms with Crippen LogP contribution in [-0.4, -0.2) is 26.5 Å². The van der Waals surface area contributed by atoms with E-state index in [-0.39, 0.29) is 6.92 Å². The third-order valence-electron chi connectivity index (χ3n) is 3.17. The summed E-state index contributed by atoms with van der Waals surface area (Å²) in [4.78, 5) is -0.586. The molecule has 0 saturated heterocycles. The summed E-state index contributed by atoms with van der Waals surface area (Å²) in [5, 5.41) is 0.371. The Labute approximate surface area is 131 Å². The molecule has 0 aliphatic carbocycles. The maximum atomic E-state index is 12.8. The average Bonchev–Trinajstić information content (AvgIpc) is 2.35. The van der Waals surface area contributed by atoms with Gasteiger partial charge in [0.25, 0.3) is 0 Å². The van der Waals surface area contributed by atoms with Gasteiger partial charge >= 0.3 is 12.4 Å². The van der Waals surface area contributed by atoms with Crippen LogP contribution in [0.25, 0.3) is 0 Å². The van der Waals surface area contributed by atoms with Crippen molar-refractivity contribution in [1.82, 2.24) is 0 Å². The molecule has 10 heteroatoms. The molecule has 0 N–H and O–H groups in total. The first-order chi connectivity index (χ1) is 9.74. The molecule has 2 nitrogen and oxygen atoms in total. The molecule has 0 spiro atoms. The third kappa shape index (κ3) is 3.76. The van der Waals surface area contributed by atoms with Gasteiger partial charge in [0.2, 0.25) is 0 Å². The molecule has 0 amide bonds. The van der Waals surface area contributed by atoms with Gasteiger partial charge in [-0.05, 0) is 24.6 Å². The van der Waals surface area contributed by atoms with Crippen LogP contribution in [0.1, 0.15) is 12.5 Å². The second kappa shape index (κ2) is 6.03. The molecular formula is C12H11BrF6O2S. The number of hydrogen-bond donors (Lipinski definition) is 0. The van der Waals surface area contributed by atoms with Crippen molar-refractivity contribution in [2.45, 2.75) is 29.5 Å². The molecule has 0 radical (unpaired) electrons. The molecular weight excluding hydrogens is 402 g/mol. The topological polar surface area (TPSA) is 34.1 Å². The van der Waals surface area contributed by atoms with Crippen LogP contribution in [0.15, 0.2) is 29.2 Å². The first-order valence-corrected chi connectivity index (χ1v) is 8.53. The highest BCUT2D eigenvalue weighted by atomic mass is 79.9. The van der Waals surface area contributed by atoms with Crippen LogP contribution in [-0.2, 0) is 15.2 Å². The van der Waals surface area contributed by atoms with Crippen LogP contribution in [0.4, 0.5) is 26.3 Å². The van der Waals surface area contributed by atoms with Crippen LogP contribution >= 0.6 is 15.9 Å². The second-order valence-electron chi connectivity index (χ2n) is 4.86. The summed E-state index contributed by atoms with van der Waals surface area (Å²) in [5.74, 6) is -2.10. The predicted molar refractivity (Wildman–Crippen MR) is 71.3 cm³/mol. The fraction of sp³-hybridized carbons (Fsp3) is 0.500. The first kappa shape index (κ1) is 19.3. The molecule has 1 aromatic carbocycles. The molecule has 0 unspecified atom stereocenters. The van der Waals surface area contributed by atoms with Crippen LogP contribution in [0.5, 0.6) is 0 Å². The quantitative estimate of drug-likeness (QED) is 0.539. The summed E-state index contributed by atoms with van der Waals surface area (Å²) in [6.07, 6.45) is -11.5. The van der Waals surface area contributed by atoms with Gasteiger partial charge in [0.15, 0.2) is 15.3 Å². The van der Waals surface area contributed by atoms with Gasteiger partial charge in [-0.25, -0.2) is 8.42 Å². The minimum atomic E-state index is -5.74. The largest absolute Gasteiger partial charge is 0.403 e. The zero-order valence-corrected chi connectivity index (χ0v) is 13.5. The Bertz CT molecular complexity index is 605. The highest BCUT2D eigenvalue weighted by Gasteiger charge is 2.69. The summed E-state index contributed by atoms with van der Waals surface area (Å²) < 4.78 is 101. The molecule has 0 atom stereocenters. The first-order valence-electron chi connectivity index (χ1n) is 5.76. The number of rotatable bonds is 4. The number of halogens is 7. The van der Waals surface area contributed by atoms with Crippen molar-refractivity contribution in [3.05, 3.63) is 29.8 Å². The molecule has 1 rings (SSSR count). The van der Waals surface area contributed by atoms with Crippen LogP contribution in [0.3, 0.4) is 0 Å². The SMILES string of the molecule is CC(CS(=O)(=O)c1ccc(CBr)cc1)(C(F)(F)F)C(F)(F)F. The van der Waals surface area contributed by atoms with E-state index in [0.29, 0.717) is 10.9 Å². The maximum Gasteiger partial charge on any atom is 0.403 e. The lowest BCUT2D eigenvalue weighted by Crippen LogP contribution is -2.52. The van der Waals surface area contributed by atoms with E-state index in [1.165, 1.54) is 12.1 Å². The Hall–Kier alpha value is -0.770. The zero-order valence-electron chi connectivity index (χ0n) is 11.1. The molecule has 22 heavy (non-hydrogen) atoms. The van der Waals surface area contributed by atoms with E-state index >= 15 is 0 Å². The van der Waals surface area contributed by atoms with Crippen LogP contribution in [0.2, 0.25) is 0 Å². The van der Waals surface area contributed by atoms with E-state index < -0.39 is 38.3 Å². The highest BCUT2D eigenvalue weighted by molar-refractivity contribution is 9.08. The van der Waals surface area contributed by atoms with Gasteiger partial charge in [-0.15, -0.1) is 0 Å². The Kier molecular flexibility index (Phi) is 5.28. The van der Waals surface area contributed by atoms with Crippen molar-refractivity contribution in [3.8, 4) is 0 Å². The predicted octanol–water partition coefficient (Wildman–Crippen LogP) is 4.49. The van der Waals surface area contributed by atoms with E-state index in [1.54, 1.807) is 0 Å². The summed E-state index contributed by atoms with van der Waals surface area (Å²) in [7, 11) is -4.76. The van der Waals surface area contributed by atoms with E-state index in [2.05, 4.69) is 15.9 Å². The number of benzene rings is 1. The van der Waals surface area contributed by atoms with Gasteiger partial charge in [-0.3, -0.25) is 0 Å². The van der Waals surface area contributed by atoms with Gasteiger partial charge in [0.05, 0.1) is 10.6 Å². The van der Waals surface area contributed by atoms with Crippen molar-refractivity contribution in [1.29, 1.82) is 0 Å². The van der Waals surface area contributed by atoms with E-state index in [0.717, 1.165) is 12.1 Å². The lowest BCUT2D eigenvalue weighted by Gasteiger charge is -2.33. The Morgan fingerprint density at radius 2 is 1.36 bits per heavy atom. The molecule has 0 bridgehead atoms. The van der Waals surface area contributed by atoms with Gasteiger partial charge in [-0.2, -0.15) is 26.3 Å². The lowest BCUT2D eigenvalue weighted by molar-refractivity contribution is -0.325. The fourth-order valence-corrected chi connectivity index (χ4v) is 3.75. The van der Waals surface area contributed by atoms with E-state index in [1.807, 2.05) is 0 Å². The molecule has 126 valence electrons. The molecule has 0 aliphatic rings. The summed E-state index contributed by atoms with van der Waals surface area (Å²) >= 11 is 3.09. The smallest absolute Gasteiger partial charge is 0.224 e. The zero-order chi connectivity index (χ0) is 17.4. The minimum Gasteiger partial charge on any atom is -0.224 e. The Morgan fingerprint density at radius 3 is 1.68 bits per heavy atom. The van der Waals surface area contributed by atoms with Gasteiger partial charge in [0.1, 0.15) is 0 Å². The lowest BCUT2D eigenvalue weighted by atomic mass is 9.92. The normalized spacial score (nSPS) is 14.2. The van der Waals surface area contributed by atoms with Crippen LogP contribution in [0, 0.1) is 5.41 Å². The standard InChI is InChI=1S/C12H11BrF6O2S/c1-10(11(14,15)16,12(17,18)19)7-22(20,21)9-4-2-8(6-13)3-5-9/h2-5H,6-7H2,1H3. The van der Waals surface area contributed by atoms with Crippen molar-refractivity contribution in [2.75, 3.05) is 5.75 Å². The number of sulfone groups is 1. The molecule has 0 saturated carbocycles. The highest BCUT2D eigenvalue weighted by Crippen LogP contribution is 2.51. The van der Waals surface area contributed by atoms with Crippen molar-refractivity contribution in [3.63, 3.8) is 0 Å². The number of hydrogen-bond acceptors (Lipinski definition) is 2. The third-order valence-corrected chi connectivity index (χ3v) is 5.76. The summed E-state index contributed by atoms with van der Waals surface area (Å²) in [6, 6.07) is 4.58. The summed E-state index contributed by atoms with van der Waals surface area (Å²) in [5.41, 5.74) is -3.71.